The third-order valence-electron chi connectivity index (χ3n) is 4.64. The molecule has 0 amide bonds. The lowest BCUT2D eigenvalue weighted by Gasteiger charge is -2.15. The van der Waals surface area contributed by atoms with Crippen LogP contribution in [0, 0.1) is 0 Å². The van der Waals surface area contributed by atoms with Gasteiger partial charge in [0.1, 0.15) is 23.2 Å². The summed E-state index contributed by atoms with van der Waals surface area (Å²) < 4.78 is 16.0. The number of fused-ring (bicyclic) bond motifs is 1. The van der Waals surface area contributed by atoms with E-state index in [4.69, 9.17) is 14.2 Å². The minimum atomic E-state index is -0.435. The van der Waals surface area contributed by atoms with Gasteiger partial charge in [0.25, 0.3) is 0 Å². The van der Waals surface area contributed by atoms with E-state index in [9.17, 15) is 4.79 Å². The zero-order chi connectivity index (χ0) is 20.6. The number of guanidine groups is 1. The highest BCUT2D eigenvalue weighted by molar-refractivity contribution is 14.0. The van der Waals surface area contributed by atoms with E-state index in [0.29, 0.717) is 30.4 Å². The number of benzene rings is 2. The summed E-state index contributed by atoms with van der Waals surface area (Å²) in [4.78, 5) is 16.6. The van der Waals surface area contributed by atoms with E-state index in [1.807, 2.05) is 31.2 Å². The molecule has 0 aliphatic carbocycles. The first kappa shape index (κ1) is 23.8. The Labute approximate surface area is 194 Å². The molecule has 162 valence electrons. The van der Waals surface area contributed by atoms with Crippen LogP contribution in [0.2, 0.25) is 0 Å². The van der Waals surface area contributed by atoms with Crippen molar-refractivity contribution < 1.29 is 19.0 Å². The van der Waals surface area contributed by atoms with Gasteiger partial charge in [-0.25, -0.2) is 9.79 Å². The molecule has 7 nitrogen and oxygen atoms in total. The third kappa shape index (κ3) is 6.01. The molecule has 3 rings (SSSR count). The molecule has 2 aromatic rings. The molecule has 2 aromatic carbocycles. The second-order valence-corrected chi connectivity index (χ2v) is 6.65. The van der Waals surface area contributed by atoms with Gasteiger partial charge in [0.2, 0.25) is 0 Å². The summed E-state index contributed by atoms with van der Waals surface area (Å²) in [6.07, 6.45) is 0.951. The summed E-state index contributed by atoms with van der Waals surface area (Å²) in [5.74, 6) is 1.69. The Morgan fingerprint density at radius 2 is 2.00 bits per heavy atom. The normalized spacial score (nSPS) is 14.8. The lowest BCUT2D eigenvalue weighted by atomic mass is 10.1. The second-order valence-electron chi connectivity index (χ2n) is 6.65. The van der Waals surface area contributed by atoms with Crippen molar-refractivity contribution in [3.8, 4) is 11.5 Å². The van der Waals surface area contributed by atoms with E-state index < -0.39 is 5.97 Å². The SMILES string of the molecule is CCNC(=NCc1ccc(OC)c(C(=O)OC)c1)NCC1Cc2ccccc2O1.I. The van der Waals surface area contributed by atoms with E-state index >= 15 is 0 Å². The molecule has 1 atom stereocenters. The average Bonchev–Trinajstić information content (AvgIpc) is 3.18. The Hall–Kier alpha value is -2.49. The van der Waals surface area contributed by atoms with Gasteiger partial charge in [-0.3, -0.25) is 0 Å². The number of halogens is 1. The summed E-state index contributed by atoms with van der Waals surface area (Å²) in [5.41, 5.74) is 2.50. The molecule has 0 fully saturated rings. The van der Waals surface area contributed by atoms with Crippen molar-refractivity contribution in [2.75, 3.05) is 27.3 Å². The quantitative estimate of drug-likeness (QED) is 0.250. The van der Waals surface area contributed by atoms with Crippen molar-refractivity contribution in [2.24, 2.45) is 4.99 Å². The number of methoxy groups -OCH3 is 2. The lowest BCUT2D eigenvalue weighted by molar-refractivity contribution is 0.0597. The third-order valence-corrected chi connectivity index (χ3v) is 4.64. The number of para-hydroxylation sites is 1. The lowest BCUT2D eigenvalue weighted by Crippen LogP contribution is -2.42. The number of hydrogen-bond donors (Lipinski definition) is 2. The maximum absolute atomic E-state index is 12.0. The van der Waals surface area contributed by atoms with Crippen LogP contribution in [0.5, 0.6) is 11.5 Å². The van der Waals surface area contributed by atoms with Gasteiger partial charge in [-0.05, 0) is 36.2 Å². The molecule has 0 saturated heterocycles. The van der Waals surface area contributed by atoms with Gasteiger partial charge in [0.15, 0.2) is 5.96 Å². The fourth-order valence-electron chi connectivity index (χ4n) is 3.21. The number of carbonyl (C=O) groups is 1. The predicted octanol–water partition coefficient (Wildman–Crippen LogP) is 3.16. The van der Waals surface area contributed by atoms with Gasteiger partial charge in [0.05, 0.1) is 27.3 Å². The summed E-state index contributed by atoms with van der Waals surface area (Å²) in [6.45, 7) is 3.82. The minimum Gasteiger partial charge on any atom is -0.496 e. The molecule has 0 radical (unpaired) electrons. The van der Waals surface area contributed by atoms with Gasteiger partial charge >= 0.3 is 5.97 Å². The number of esters is 1. The summed E-state index contributed by atoms with van der Waals surface area (Å²) in [5, 5.41) is 6.57. The molecule has 1 unspecified atom stereocenters. The Morgan fingerprint density at radius 3 is 2.70 bits per heavy atom. The summed E-state index contributed by atoms with van der Waals surface area (Å²) in [7, 11) is 2.87. The van der Waals surface area contributed by atoms with Crippen molar-refractivity contribution >= 4 is 35.9 Å². The highest BCUT2D eigenvalue weighted by Crippen LogP contribution is 2.27. The van der Waals surface area contributed by atoms with E-state index in [1.54, 1.807) is 12.1 Å². The van der Waals surface area contributed by atoms with Crippen LogP contribution in [0.3, 0.4) is 0 Å². The number of hydrogen-bond acceptors (Lipinski definition) is 5. The molecule has 1 heterocycles. The molecule has 30 heavy (non-hydrogen) atoms. The molecule has 0 aromatic heterocycles. The van der Waals surface area contributed by atoms with Crippen molar-refractivity contribution in [1.82, 2.24) is 10.6 Å². The number of ether oxygens (including phenoxy) is 3. The highest BCUT2D eigenvalue weighted by atomic mass is 127. The Bertz CT molecular complexity index is 863. The number of nitrogens with one attached hydrogen (secondary N) is 2. The highest BCUT2D eigenvalue weighted by Gasteiger charge is 2.22. The monoisotopic (exact) mass is 525 g/mol. The molecule has 0 spiro atoms. The Balaban J connectivity index is 0.00000320. The standard InChI is InChI=1S/C22H27N3O4.HI/c1-4-23-22(25-14-17-12-16-7-5-6-8-19(16)29-17)24-13-15-9-10-20(27-2)18(11-15)21(26)28-3;/h5-11,17H,4,12-14H2,1-3H3,(H2,23,24,25);1H. The van der Waals surface area contributed by atoms with Crippen LogP contribution in [0.25, 0.3) is 0 Å². The van der Waals surface area contributed by atoms with Crippen molar-refractivity contribution in [2.45, 2.75) is 26.0 Å². The van der Waals surface area contributed by atoms with E-state index in [2.05, 4.69) is 21.7 Å². The van der Waals surface area contributed by atoms with Crippen molar-refractivity contribution in [3.05, 3.63) is 59.2 Å². The Kier molecular flexibility index (Phi) is 9.22. The molecule has 0 bridgehead atoms. The predicted molar refractivity (Wildman–Crippen MR) is 127 cm³/mol. The van der Waals surface area contributed by atoms with Crippen molar-refractivity contribution in [3.63, 3.8) is 0 Å². The maximum Gasteiger partial charge on any atom is 0.341 e. The number of aliphatic imine (C=N–C) groups is 1. The molecule has 1 aliphatic heterocycles. The van der Waals surface area contributed by atoms with Crippen LogP contribution >= 0.6 is 24.0 Å². The molecule has 8 heteroatoms. The number of rotatable bonds is 7. The molecular formula is C22H28IN3O4. The zero-order valence-corrected chi connectivity index (χ0v) is 19.8. The maximum atomic E-state index is 12.0. The number of nitrogens with zero attached hydrogens (tertiary/aromatic N) is 1. The molecule has 1 aliphatic rings. The Morgan fingerprint density at radius 1 is 1.20 bits per heavy atom. The fraction of sp³-hybridized carbons (Fsp3) is 0.364. The summed E-state index contributed by atoms with van der Waals surface area (Å²) in [6, 6.07) is 13.5. The van der Waals surface area contributed by atoms with Gasteiger partial charge < -0.3 is 24.8 Å². The molecule has 2 N–H and O–H groups in total. The molecule has 0 saturated carbocycles. The first-order valence-electron chi connectivity index (χ1n) is 9.66. The van der Waals surface area contributed by atoms with E-state index in [0.717, 1.165) is 24.3 Å². The van der Waals surface area contributed by atoms with Crippen LogP contribution in [0.4, 0.5) is 0 Å². The van der Waals surface area contributed by atoms with Crippen molar-refractivity contribution in [1.29, 1.82) is 0 Å². The van der Waals surface area contributed by atoms with Crippen LogP contribution in [0.1, 0.15) is 28.4 Å². The van der Waals surface area contributed by atoms with Crippen LogP contribution in [-0.2, 0) is 17.7 Å². The first-order valence-corrected chi connectivity index (χ1v) is 9.66. The average molecular weight is 525 g/mol. The zero-order valence-electron chi connectivity index (χ0n) is 17.4. The van der Waals surface area contributed by atoms with Crippen LogP contribution < -0.4 is 20.1 Å². The van der Waals surface area contributed by atoms with Gasteiger partial charge in [-0.2, -0.15) is 0 Å². The topological polar surface area (TPSA) is 81.2 Å². The van der Waals surface area contributed by atoms with Gasteiger partial charge in [0, 0.05) is 13.0 Å². The largest absolute Gasteiger partial charge is 0.496 e. The fourth-order valence-corrected chi connectivity index (χ4v) is 3.21. The van der Waals surface area contributed by atoms with Gasteiger partial charge in [-0.1, -0.05) is 24.3 Å². The molecular weight excluding hydrogens is 497 g/mol. The van der Waals surface area contributed by atoms with Crippen LogP contribution in [-0.4, -0.2) is 45.3 Å². The minimum absolute atomic E-state index is 0. The smallest absolute Gasteiger partial charge is 0.341 e. The number of carbonyl (C=O) groups excluding carboxylic acids is 1. The summed E-state index contributed by atoms with van der Waals surface area (Å²) >= 11 is 0. The second kappa shape index (κ2) is 11.6. The van der Waals surface area contributed by atoms with E-state index in [1.165, 1.54) is 19.8 Å². The van der Waals surface area contributed by atoms with E-state index in [-0.39, 0.29) is 30.1 Å². The van der Waals surface area contributed by atoms with Crippen LogP contribution in [0.15, 0.2) is 47.5 Å². The van der Waals surface area contributed by atoms with Gasteiger partial charge in [-0.15, -0.1) is 24.0 Å². The first-order chi connectivity index (χ1) is 14.1.